The van der Waals surface area contributed by atoms with Gasteiger partial charge in [-0.05, 0) is 43.6 Å². The van der Waals surface area contributed by atoms with Gasteiger partial charge in [-0.15, -0.1) is 12.4 Å². The van der Waals surface area contributed by atoms with Crippen molar-refractivity contribution in [3.63, 3.8) is 0 Å². The second-order valence-electron chi connectivity index (χ2n) is 5.10. The Bertz CT molecular complexity index is 440. The highest BCUT2D eigenvalue weighted by Gasteiger charge is 2.26. The standard InChI is InChI=1S/C15H22N2O2.ClH/c1-16-9-13-6-7-17(10-13)15(18)14-5-3-4-12(8-14)11-19-2;/h3-5,8,13,16H,6-7,9-11H2,1-2H3;1H. The van der Waals surface area contributed by atoms with Crippen LogP contribution in [0.15, 0.2) is 24.3 Å². The maximum absolute atomic E-state index is 12.4. The quantitative estimate of drug-likeness (QED) is 0.903. The summed E-state index contributed by atoms with van der Waals surface area (Å²) in [5.41, 5.74) is 1.80. The molecule has 112 valence electrons. The average molecular weight is 299 g/mol. The third kappa shape index (κ3) is 4.20. The van der Waals surface area contributed by atoms with Crippen LogP contribution in [0.1, 0.15) is 22.3 Å². The van der Waals surface area contributed by atoms with Gasteiger partial charge in [-0.3, -0.25) is 4.79 Å². The molecule has 0 bridgehead atoms. The Morgan fingerprint density at radius 3 is 3.00 bits per heavy atom. The van der Waals surface area contributed by atoms with Crippen LogP contribution in [-0.4, -0.2) is 44.6 Å². The zero-order chi connectivity index (χ0) is 13.7. The summed E-state index contributed by atoms with van der Waals surface area (Å²) in [6.07, 6.45) is 1.09. The molecule has 2 rings (SSSR count). The van der Waals surface area contributed by atoms with Crippen molar-refractivity contribution in [1.82, 2.24) is 10.2 Å². The molecule has 1 aliphatic heterocycles. The van der Waals surface area contributed by atoms with Crippen LogP contribution in [0.3, 0.4) is 0 Å². The number of amides is 1. The number of carbonyl (C=O) groups excluding carboxylic acids is 1. The summed E-state index contributed by atoms with van der Waals surface area (Å²) in [5.74, 6) is 0.715. The van der Waals surface area contributed by atoms with Gasteiger partial charge >= 0.3 is 0 Å². The Hall–Kier alpha value is -1.10. The molecule has 0 aromatic heterocycles. The molecule has 1 unspecified atom stereocenters. The minimum atomic E-state index is 0. The fraction of sp³-hybridized carbons (Fsp3) is 0.533. The Labute approximate surface area is 126 Å². The SMILES string of the molecule is CNCC1CCN(C(=O)c2cccc(COC)c2)C1.Cl. The van der Waals surface area contributed by atoms with Crippen LogP contribution in [0.2, 0.25) is 0 Å². The van der Waals surface area contributed by atoms with Crippen molar-refractivity contribution in [2.75, 3.05) is 33.8 Å². The molecule has 0 spiro atoms. The van der Waals surface area contributed by atoms with Crippen LogP contribution in [-0.2, 0) is 11.3 Å². The highest BCUT2D eigenvalue weighted by molar-refractivity contribution is 5.94. The number of methoxy groups -OCH3 is 1. The van der Waals surface area contributed by atoms with Gasteiger partial charge in [0.05, 0.1) is 6.61 Å². The third-order valence-corrected chi connectivity index (χ3v) is 3.55. The first-order valence-electron chi connectivity index (χ1n) is 6.76. The van der Waals surface area contributed by atoms with Gasteiger partial charge in [-0.2, -0.15) is 0 Å². The molecule has 0 saturated carbocycles. The zero-order valence-corrected chi connectivity index (χ0v) is 12.9. The topological polar surface area (TPSA) is 41.6 Å². The van der Waals surface area contributed by atoms with Gasteiger partial charge in [0.25, 0.3) is 5.91 Å². The summed E-state index contributed by atoms with van der Waals surface area (Å²) in [5, 5.41) is 3.18. The number of rotatable bonds is 5. The summed E-state index contributed by atoms with van der Waals surface area (Å²) >= 11 is 0. The van der Waals surface area contributed by atoms with E-state index in [-0.39, 0.29) is 18.3 Å². The van der Waals surface area contributed by atoms with E-state index in [0.717, 1.165) is 37.2 Å². The van der Waals surface area contributed by atoms with Crippen molar-refractivity contribution in [2.24, 2.45) is 5.92 Å². The molecule has 1 aromatic carbocycles. The van der Waals surface area contributed by atoms with Crippen LogP contribution in [0, 0.1) is 5.92 Å². The van der Waals surface area contributed by atoms with E-state index in [4.69, 9.17) is 4.74 Å². The van der Waals surface area contributed by atoms with E-state index >= 15 is 0 Å². The van der Waals surface area contributed by atoms with E-state index in [9.17, 15) is 4.79 Å². The molecule has 5 heteroatoms. The number of hydrogen-bond acceptors (Lipinski definition) is 3. The fourth-order valence-corrected chi connectivity index (χ4v) is 2.62. The smallest absolute Gasteiger partial charge is 0.253 e. The summed E-state index contributed by atoms with van der Waals surface area (Å²) in [4.78, 5) is 14.4. The molecule has 1 amide bonds. The minimum absolute atomic E-state index is 0. The zero-order valence-electron chi connectivity index (χ0n) is 12.1. The van der Waals surface area contributed by atoms with Crippen LogP contribution < -0.4 is 5.32 Å². The first-order chi connectivity index (χ1) is 9.24. The Balaban J connectivity index is 0.00000200. The second kappa shape index (κ2) is 8.25. The van der Waals surface area contributed by atoms with Gasteiger partial charge in [0.1, 0.15) is 0 Å². The average Bonchev–Trinajstić information content (AvgIpc) is 2.88. The van der Waals surface area contributed by atoms with Crippen LogP contribution in [0.25, 0.3) is 0 Å². The van der Waals surface area contributed by atoms with Gasteiger partial charge in [-0.1, -0.05) is 12.1 Å². The van der Waals surface area contributed by atoms with Gasteiger partial charge in [0.15, 0.2) is 0 Å². The molecular formula is C15H23ClN2O2. The predicted octanol–water partition coefficient (Wildman–Crippen LogP) is 1.94. The molecule has 0 aliphatic carbocycles. The van der Waals surface area contributed by atoms with Crippen molar-refractivity contribution in [3.8, 4) is 0 Å². The maximum Gasteiger partial charge on any atom is 0.253 e. The molecule has 1 aliphatic rings. The van der Waals surface area contributed by atoms with Crippen LogP contribution in [0.4, 0.5) is 0 Å². The number of ether oxygens (including phenoxy) is 1. The Kier molecular flexibility index (Phi) is 6.99. The lowest BCUT2D eigenvalue weighted by molar-refractivity contribution is 0.0787. The highest BCUT2D eigenvalue weighted by atomic mass is 35.5. The molecule has 4 nitrogen and oxygen atoms in total. The van der Waals surface area contributed by atoms with E-state index in [2.05, 4.69) is 5.32 Å². The van der Waals surface area contributed by atoms with Crippen LogP contribution >= 0.6 is 12.4 Å². The van der Waals surface area contributed by atoms with Gasteiger partial charge in [0.2, 0.25) is 0 Å². The number of benzene rings is 1. The van der Waals surface area contributed by atoms with E-state index in [0.29, 0.717) is 12.5 Å². The lowest BCUT2D eigenvalue weighted by Crippen LogP contribution is -2.30. The summed E-state index contributed by atoms with van der Waals surface area (Å²) < 4.78 is 5.10. The van der Waals surface area contributed by atoms with E-state index in [1.807, 2.05) is 36.2 Å². The fourth-order valence-electron chi connectivity index (χ4n) is 2.62. The first kappa shape index (κ1) is 17.0. The van der Waals surface area contributed by atoms with Crippen molar-refractivity contribution < 1.29 is 9.53 Å². The van der Waals surface area contributed by atoms with Crippen molar-refractivity contribution >= 4 is 18.3 Å². The largest absolute Gasteiger partial charge is 0.380 e. The number of nitrogens with one attached hydrogen (secondary N) is 1. The first-order valence-corrected chi connectivity index (χ1v) is 6.76. The lowest BCUT2D eigenvalue weighted by Gasteiger charge is -2.17. The summed E-state index contributed by atoms with van der Waals surface area (Å²) in [6, 6.07) is 7.71. The van der Waals surface area contributed by atoms with Crippen molar-refractivity contribution in [2.45, 2.75) is 13.0 Å². The number of hydrogen-bond donors (Lipinski definition) is 1. The predicted molar refractivity (Wildman–Crippen MR) is 82.3 cm³/mol. The maximum atomic E-state index is 12.4. The van der Waals surface area contributed by atoms with Crippen molar-refractivity contribution in [1.29, 1.82) is 0 Å². The Morgan fingerprint density at radius 1 is 1.50 bits per heavy atom. The minimum Gasteiger partial charge on any atom is -0.380 e. The molecule has 1 fully saturated rings. The molecular weight excluding hydrogens is 276 g/mol. The van der Waals surface area contributed by atoms with Gasteiger partial charge in [0, 0.05) is 25.8 Å². The summed E-state index contributed by atoms with van der Waals surface area (Å²) in [6.45, 7) is 3.24. The Morgan fingerprint density at radius 2 is 2.30 bits per heavy atom. The van der Waals surface area contributed by atoms with Gasteiger partial charge < -0.3 is 15.0 Å². The molecule has 1 aromatic rings. The number of carbonyl (C=O) groups is 1. The number of likely N-dealkylation sites (tertiary alicyclic amines) is 1. The monoisotopic (exact) mass is 298 g/mol. The molecule has 1 atom stereocenters. The highest BCUT2D eigenvalue weighted by Crippen LogP contribution is 2.18. The lowest BCUT2D eigenvalue weighted by atomic mass is 10.1. The molecule has 1 N–H and O–H groups in total. The third-order valence-electron chi connectivity index (χ3n) is 3.55. The van der Waals surface area contributed by atoms with E-state index < -0.39 is 0 Å². The molecule has 1 heterocycles. The van der Waals surface area contributed by atoms with Gasteiger partial charge in [-0.25, -0.2) is 0 Å². The normalized spacial score (nSPS) is 17.9. The van der Waals surface area contributed by atoms with Crippen LogP contribution in [0.5, 0.6) is 0 Å². The summed E-state index contributed by atoms with van der Waals surface area (Å²) in [7, 11) is 3.62. The van der Waals surface area contributed by atoms with E-state index in [1.165, 1.54) is 0 Å². The number of halogens is 1. The molecule has 20 heavy (non-hydrogen) atoms. The van der Waals surface area contributed by atoms with Crippen molar-refractivity contribution in [3.05, 3.63) is 35.4 Å². The van der Waals surface area contributed by atoms with E-state index in [1.54, 1.807) is 7.11 Å². The molecule has 1 saturated heterocycles. The number of nitrogens with zero attached hydrogens (tertiary/aromatic N) is 1. The second-order valence-corrected chi connectivity index (χ2v) is 5.10. The molecule has 0 radical (unpaired) electrons.